The summed E-state index contributed by atoms with van der Waals surface area (Å²) >= 11 is 1.58. The lowest BCUT2D eigenvalue weighted by Gasteiger charge is -2.35. The molecule has 6 aromatic rings. The molecule has 3 amide bonds. The lowest BCUT2D eigenvalue weighted by molar-refractivity contribution is -0.139. The van der Waals surface area contributed by atoms with Crippen LogP contribution >= 0.6 is 11.3 Å². The second kappa shape index (κ2) is 23.1. The maximum absolute atomic E-state index is 15.6. The van der Waals surface area contributed by atoms with Gasteiger partial charge in [-0.25, -0.2) is 42.5 Å². The third-order valence-electron chi connectivity index (χ3n) is 15.0. The quantitative estimate of drug-likeness (QED) is 0.0454. The van der Waals surface area contributed by atoms with Crippen molar-refractivity contribution in [2.45, 2.75) is 135 Å². The van der Waals surface area contributed by atoms with Crippen LogP contribution in [0.1, 0.15) is 125 Å². The predicted octanol–water partition coefficient (Wildman–Crippen LogP) is 8.37. The Labute approximate surface area is 462 Å². The van der Waals surface area contributed by atoms with Crippen LogP contribution in [0.15, 0.2) is 76.4 Å². The van der Waals surface area contributed by atoms with E-state index in [4.69, 9.17) is 9.83 Å². The summed E-state index contributed by atoms with van der Waals surface area (Å²) in [6.45, 7) is 9.93. The first-order valence-corrected chi connectivity index (χ1v) is 29.7. The summed E-state index contributed by atoms with van der Waals surface area (Å²) in [6.07, 6.45) is 11.6. The first-order chi connectivity index (χ1) is 37.5. The van der Waals surface area contributed by atoms with Crippen LogP contribution in [0.2, 0.25) is 0 Å². The van der Waals surface area contributed by atoms with Crippen molar-refractivity contribution in [2.75, 3.05) is 24.2 Å². The van der Waals surface area contributed by atoms with Crippen molar-refractivity contribution in [3.05, 3.63) is 117 Å². The normalized spacial score (nSPS) is 18.5. The van der Waals surface area contributed by atoms with Crippen LogP contribution in [0.25, 0.3) is 32.5 Å². The standard InChI is InChI=1S/C57H68F2N10O8S2/c1-33-49(78-32-63-33)34-17-19-37(20-18-34)57(5)65-51(66-77-57)45-24-39(70)29-69(45)55(74)50(56(2,3)4)64-46(71)16-14-12-10-8-9-11-13-15-21-60-53(72)40-25-44-41(22-35(40)31-79(7,75)76)42-30-67(6)54(73)48-47(42)36(26-61-48)28-68(44)52-43(59)23-38(58)27-62-52/h17-20,22-23,25-27,30,32,39,45,50,61,70H,8-16,21,24,28-29,31H2,1-7H3,(H,60,72)(H,64,71)(H,65,66)/t39-,45-,50-,57-/m1/s1. The van der Waals surface area contributed by atoms with Gasteiger partial charge in [-0.2, -0.15) is 0 Å². The van der Waals surface area contributed by atoms with Crippen LogP contribution in [0.3, 0.4) is 0 Å². The minimum atomic E-state index is -3.67. The van der Waals surface area contributed by atoms with E-state index in [1.54, 1.807) is 41.7 Å². The zero-order valence-corrected chi connectivity index (χ0v) is 47.2. The third-order valence-corrected chi connectivity index (χ3v) is 16.8. The van der Waals surface area contributed by atoms with Crippen molar-refractivity contribution in [3.8, 4) is 21.6 Å². The average molecular weight is 1120 g/mol. The molecule has 0 saturated carbocycles. The zero-order valence-electron chi connectivity index (χ0n) is 45.5. The number of aliphatic hydroxyl groups excluding tert-OH is 1. The maximum Gasteiger partial charge on any atom is 0.274 e. The number of hydroxylamine groups is 1. The number of sulfone groups is 1. The molecule has 9 rings (SSSR count). The molecule has 4 atom stereocenters. The Morgan fingerprint density at radius 3 is 2.38 bits per heavy atom. The Balaban J connectivity index is 0.748. The molecule has 0 unspecified atom stereocenters. The number of nitrogens with one attached hydrogen (secondary N) is 4. The van der Waals surface area contributed by atoms with Gasteiger partial charge in [0.1, 0.15) is 23.2 Å². The van der Waals surface area contributed by atoms with Crippen LogP contribution in [0, 0.1) is 24.0 Å². The van der Waals surface area contributed by atoms with Crippen molar-refractivity contribution < 1.29 is 41.5 Å². The molecule has 3 aliphatic rings. The number of rotatable bonds is 20. The van der Waals surface area contributed by atoms with Crippen LogP contribution in [0.4, 0.5) is 20.3 Å². The van der Waals surface area contributed by atoms with Gasteiger partial charge in [-0.3, -0.25) is 19.2 Å². The number of nitrogens with zero attached hydrogens (tertiary/aromatic N) is 6. The van der Waals surface area contributed by atoms with E-state index in [1.165, 1.54) is 15.5 Å². The Morgan fingerprint density at radius 1 is 1.00 bits per heavy atom. The molecule has 1 fully saturated rings. The number of halogens is 2. The molecule has 420 valence electrons. The highest BCUT2D eigenvalue weighted by molar-refractivity contribution is 7.89. The molecule has 0 spiro atoms. The number of anilines is 2. The molecule has 1 saturated heterocycles. The van der Waals surface area contributed by atoms with Crippen LogP contribution in [0.5, 0.6) is 0 Å². The van der Waals surface area contributed by atoms with Crippen LogP contribution < -0.4 is 26.6 Å². The van der Waals surface area contributed by atoms with E-state index in [1.807, 2.05) is 64.4 Å². The molecule has 7 heterocycles. The van der Waals surface area contributed by atoms with E-state index in [9.17, 15) is 37.1 Å². The molecule has 0 aliphatic carbocycles. The number of amides is 3. The number of hydrogen-bond donors (Lipinski definition) is 5. The van der Waals surface area contributed by atoms with Crippen molar-refractivity contribution in [2.24, 2.45) is 17.5 Å². The van der Waals surface area contributed by atoms with Gasteiger partial charge in [0.25, 0.3) is 11.5 Å². The highest BCUT2D eigenvalue weighted by Gasteiger charge is 2.47. The summed E-state index contributed by atoms with van der Waals surface area (Å²) < 4.78 is 56.7. The van der Waals surface area contributed by atoms with Crippen LogP contribution in [-0.4, -0.2) is 99.0 Å². The van der Waals surface area contributed by atoms with E-state index in [2.05, 4.69) is 31.1 Å². The molecule has 18 nitrogen and oxygen atoms in total. The first-order valence-electron chi connectivity index (χ1n) is 26.7. The molecule has 2 aromatic carbocycles. The van der Waals surface area contributed by atoms with E-state index >= 15 is 4.39 Å². The summed E-state index contributed by atoms with van der Waals surface area (Å²) in [7, 11) is -2.08. The minimum Gasteiger partial charge on any atom is -0.391 e. The Bertz CT molecular complexity index is 3500. The number of aliphatic imine (C=N–C) groups is 1. The van der Waals surface area contributed by atoms with E-state index in [-0.39, 0.29) is 60.2 Å². The number of fused-ring (bicyclic) bond motifs is 2. The highest BCUT2D eigenvalue weighted by Crippen LogP contribution is 2.45. The second-order valence-corrected chi connectivity index (χ2v) is 25.3. The largest absolute Gasteiger partial charge is 0.391 e. The fourth-order valence-electron chi connectivity index (χ4n) is 10.8. The number of carbonyl (C=O) groups is 3. The zero-order chi connectivity index (χ0) is 56.6. The summed E-state index contributed by atoms with van der Waals surface area (Å²) in [6, 6.07) is 10.3. The highest BCUT2D eigenvalue weighted by atomic mass is 32.2. The molecule has 0 radical (unpaired) electrons. The van der Waals surface area contributed by atoms with Crippen molar-refractivity contribution in [1.82, 2.24) is 40.5 Å². The average Bonchev–Trinajstić information content (AvgIpc) is 4.41. The number of aryl methyl sites for hydroxylation is 2. The molecule has 0 bridgehead atoms. The number of aromatic nitrogens is 4. The number of likely N-dealkylation sites (tertiary alicyclic amines) is 1. The fraction of sp³-hybridized carbons (Fsp3) is 0.456. The van der Waals surface area contributed by atoms with Gasteiger partial charge < -0.3 is 35.1 Å². The van der Waals surface area contributed by atoms with Crippen molar-refractivity contribution in [3.63, 3.8) is 0 Å². The predicted molar refractivity (Wildman–Crippen MR) is 300 cm³/mol. The molecule has 79 heavy (non-hydrogen) atoms. The summed E-state index contributed by atoms with van der Waals surface area (Å²) in [5.41, 5.74) is 8.12. The number of thiazole rings is 1. The molecular formula is C57H68F2N10O8S2. The molecule has 3 aliphatic heterocycles. The minimum absolute atomic E-state index is 0.00261. The first kappa shape index (κ1) is 56.8. The smallest absolute Gasteiger partial charge is 0.274 e. The molecule has 4 aromatic heterocycles. The second-order valence-electron chi connectivity index (χ2n) is 22.3. The van der Waals surface area contributed by atoms with Gasteiger partial charge in [0, 0.05) is 85.3 Å². The molecular weight excluding hydrogens is 1050 g/mol. The van der Waals surface area contributed by atoms with Gasteiger partial charge >= 0.3 is 0 Å². The molecule has 22 heteroatoms. The lowest BCUT2D eigenvalue weighted by atomic mass is 9.85. The van der Waals surface area contributed by atoms with Crippen molar-refractivity contribution in [1.29, 1.82) is 0 Å². The fourth-order valence-corrected chi connectivity index (χ4v) is 12.4. The monoisotopic (exact) mass is 1120 g/mol. The Hall–Kier alpha value is -6.88. The number of pyridine rings is 2. The van der Waals surface area contributed by atoms with Gasteiger partial charge in [-0.05, 0) is 60.9 Å². The van der Waals surface area contributed by atoms with Crippen LogP contribution in [-0.2, 0) is 49.3 Å². The van der Waals surface area contributed by atoms with Gasteiger partial charge in [0.05, 0.1) is 52.4 Å². The third kappa shape index (κ3) is 12.5. The van der Waals surface area contributed by atoms with E-state index in [0.29, 0.717) is 64.6 Å². The maximum atomic E-state index is 15.6. The number of β-amino-alcohol motifs (C(OH)–C–C–N with tert-alkyl or cyclic N) is 1. The number of carbonyl (C=O) groups excluding carboxylic acids is 3. The van der Waals surface area contributed by atoms with Crippen molar-refractivity contribution >= 4 is 67.1 Å². The number of unbranched alkanes of at least 4 members (excludes halogenated alkanes) is 7. The number of H-pyrrole nitrogens is 1. The van der Waals surface area contributed by atoms with E-state index < -0.39 is 62.5 Å². The number of hydrogen-bond acceptors (Lipinski definition) is 14. The van der Waals surface area contributed by atoms with Gasteiger partial charge in [-0.1, -0.05) is 83.6 Å². The summed E-state index contributed by atoms with van der Waals surface area (Å²) in [5.74, 6) is -3.10. The number of amidine groups is 1. The Morgan fingerprint density at radius 2 is 1.71 bits per heavy atom. The van der Waals surface area contributed by atoms with Gasteiger partial charge in [0.15, 0.2) is 21.5 Å². The van der Waals surface area contributed by atoms with Gasteiger partial charge in [-0.15, -0.1) is 11.3 Å². The van der Waals surface area contributed by atoms with Gasteiger partial charge in [0.2, 0.25) is 17.5 Å². The lowest BCUT2D eigenvalue weighted by Crippen LogP contribution is -2.57. The Kier molecular flexibility index (Phi) is 16.6. The summed E-state index contributed by atoms with van der Waals surface area (Å²) in [4.78, 5) is 81.6. The topological polar surface area (TPSA) is 233 Å². The number of aromatic amines is 1. The molecule has 5 N–H and O–H groups in total. The van der Waals surface area contributed by atoms with E-state index in [0.717, 1.165) is 72.7 Å². The number of benzene rings is 2. The number of aliphatic hydroxyl groups is 1. The SMILES string of the molecule is Cc1ncsc1-c1ccc([C@]2(C)N=C([C@H]3C[C@@H](O)CN3C(=O)[C@@H](NC(=O)CCCCCCCCCCNC(=O)c3cc4c(cc3CS(C)(=O)=O)-c3cn(C)c(=O)c5[nH]cc(c35)CN4c3ncc(F)cc3F)C(C)(C)C)NO2)cc1. The summed E-state index contributed by atoms with van der Waals surface area (Å²) in [5, 5.41) is 17.4.